The van der Waals surface area contributed by atoms with Crippen LogP contribution in [-0.2, 0) is 4.74 Å². The lowest BCUT2D eigenvalue weighted by Crippen LogP contribution is -2.24. The molecule has 1 aliphatic carbocycles. The van der Waals surface area contributed by atoms with E-state index >= 15 is 0 Å². The minimum Gasteiger partial charge on any atom is -0.442 e. The standard InChI is InChI=1S/C12H20N2O2/c1-12(2,3)16-11(15)14-10-7-13-6-9(10)8-4-5-8/h8-9,13H,4-7H2,1-3H3. The molecule has 1 saturated heterocycles. The summed E-state index contributed by atoms with van der Waals surface area (Å²) in [6.07, 6.45) is 2.11. The molecule has 0 spiro atoms. The zero-order valence-corrected chi connectivity index (χ0v) is 10.2. The first-order valence-electron chi connectivity index (χ1n) is 5.97. The third-order valence-corrected chi connectivity index (χ3v) is 2.92. The maximum absolute atomic E-state index is 11.6. The van der Waals surface area contributed by atoms with Crippen molar-refractivity contribution < 1.29 is 9.53 Å². The number of nitrogens with zero attached hydrogens (tertiary/aromatic N) is 1. The molecule has 2 rings (SSSR count). The monoisotopic (exact) mass is 224 g/mol. The summed E-state index contributed by atoms with van der Waals surface area (Å²) < 4.78 is 5.19. The number of rotatable bonds is 1. The minimum atomic E-state index is -0.456. The summed E-state index contributed by atoms with van der Waals surface area (Å²) in [5.41, 5.74) is 0.527. The molecule has 1 heterocycles. The Morgan fingerprint density at radius 1 is 1.44 bits per heavy atom. The normalized spacial score (nSPS) is 28.4. The number of carbonyl (C=O) groups is 1. The first kappa shape index (κ1) is 11.6. The average molecular weight is 224 g/mol. The fraction of sp³-hybridized carbons (Fsp3) is 0.833. The number of aliphatic imine (C=N–C) groups is 1. The number of amides is 1. The van der Waals surface area contributed by atoms with E-state index in [2.05, 4.69) is 10.3 Å². The second kappa shape index (κ2) is 4.17. The molecule has 90 valence electrons. The van der Waals surface area contributed by atoms with Crippen LogP contribution in [0.4, 0.5) is 4.79 Å². The summed E-state index contributed by atoms with van der Waals surface area (Å²) in [4.78, 5) is 15.7. The van der Waals surface area contributed by atoms with E-state index in [9.17, 15) is 4.79 Å². The molecule has 0 bridgehead atoms. The van der Waals surface area contributed by atoms with Gasteiger partial charge in [0.15, 0.2) is 0 Å². The van der Waals surface area contributed by atoms with Crippen LogP contribution in [0.25, 0.3) is 0 Å². The Kier molecular flexibility index (Phi) is 3.02. The molecule has 2 fully saturated rings. The van der Waals surface area contributed by atoms with Crippen LogP contribution in [0.5, 0.6) is 0 Å². The summed E-state index contributed by atoms with van der Waals surface area (Å²) in [6, 6.07) is 0. The molecule has 0 radical (unpaired) electrons. The highest BCUT2D eigenvalue weighted by Crippen LogP contribution is 2.38. The van der Waals surface area contributed by atoms with Crippen LogP contribution in [0.15, 0.2) is 4.99 Å². The van der Waals surface area contributed by atoms with Crippen molar-refractivity contribution in [1.82, 2.24) is 5.32 Å². The number of carbonyl (C=O) groups excluding carboxylic acids is 1. The molecule has 1 unspecified atom stereocenters. The summed E-state index contributed by atoms with van der Waals surface area (Å²) in [7, 11) is 0. The Bertz CT molecular complexity index is 313. The van der Waals surface area contributed by atoms with Crippen LogP contribution in [0, 0.1) is 11.8 Å². The van der Waals surface area contributed by atoms with Crippen LogP contribution in [-0.4, -0.2) is 30.5 Å². The topological polar surface area (TPSA) is 50.7 Å². The minimum absolute atomic E-state index is 0.447. The van der Waals surface area contributed by atoms with Gasteiger partial charge in [-0.3, -0.25) is 0 Å². The average Bonchev–Trinajstić information content (AvgIpc) is 2.85. The van der Waals surface area contributed by atoms with Crippen molar-refractivity contribution in [2.24, 2.45) is 16.8 Å². The third kappa shape index (κ3) is 3.04. The van der Waals surface area contributed by atoms with Gasteiger partial charge >= 0.3 is 6.09 Å². The van der Waals surface area contributed by atoms with Crippen LogP contribution in [0.2, 0.25) is 0 Å². The maximum atomic E-state index is 11.6. The van der Waals surface area contributed by atoms with E-state index in [0.29, 0.717) is 5.92 Å². The Labute approximate surface area is 96.5 Å². The molecule has 1 N–H and O–H groups in total. The molecule has 0 aromatic heterocycles. The zero-order chi connectivity index (χ0) is 11.8. The fourth-order valence-electron chi connectivity index (χ4n) is 2.07. The van der Waals surface area contributed by atoms with Gasteiger partial charge in [-0.15, -0.1) is 0 Å². The van der Waals surface area contributed by atoms with Crippen molar-refractivity contribution >= 4 is 11.8 Å². The summed E-state index contributed by atoms with van der Waals surface area (Å²) in [5.74, 6) is 1.21. The molecular formula is C12H20N2O2. The highest BCUT2D eigenvalue weighted by atomic mass is 16.6. The van der Waals surface area contributed by atoms with Crippen molar-refractivity contribution in [2.45, 2.75) is 39.2 Å². The van der Waals surface area contributed by atoms with Crippen LogP contribution >= 0.6 is 0 Å². The van der Waals surface area contributed by atoms with Crippen LogP contribution in [0.3, 0.4) is 0 Å². The summed E-state index contributed by atoms with van der Waals surface area (Å²) in [5, 5.41) is 3.27. The number of hydrogen-bond donors (Lipinski definition) is 1. The van der Waals surface area contributed by atoms with Gasteiger partial charge in [-0.1, -0.05) is 0 Å². The molecule has 0 aromatic carbocycles. The molecule has 16 heavy (non-hydrogen) atoms. The Morgan fingerprint density at radius 2 is 2.12 bits per heavy atom. The molecule has 1 aliphatic heterocycles. The number of nitrogens with one attached hydrogen (secondary N) is 1. The highest BCUT2D eigenvalue weighted by molar-refractivity contribution is 5.98. The highest BCUT2D eigenvalue weighted by Gasteiger charge is 2.37. The largest absolute Gasteiger partial charge is 0.442 e. The fourth-order valence-corrected chi connectivity index (χ4v) is 2.07. The molecule has 2 aliphatic rings. The lowest BCUT2D eigenvalue weighted by atomic mass is 10.0. The first-order valence-corrected chi connectivity index (χ1v) is 5.97. The maximum Gasteiger partial charge on any atom is 0.434 e. The Hall–Kier alpha value is -0.900. The van der Waals surface area contributed by atoms with Gasteiger partial charge < -0.3 is 10.1 Å². The van der Waals surface area contributed by atoms with Gasteiger partial charge in [0.05, 0.1) is 0 Å². The summed E-state index contributed by atoms with van der Waals surface area (Å²) >= 11 is 0. The molecule has 4 nitrogen and oxygen atoms in total. The van der Waals surface area contributed by atoms with E-state index in [1.165, 1.54) is 12.8 Å². The smallest absolute Gasteiger partial charge is 0.434 e. The van der Waals surface area contributed by atoms with Gasteiger partial charge in [-0.2, -0.15) is 4.99 Å². The lowest BCUT2D eigenvalue weighted by Gasteiger charge is -2.18. The number of ether oxygens (including phenoxy) is 1. The second-order valence-electron chi connectivity index (χ2n) is 5.66. The Morgan fingerprint density at radius 3 is 2.69 bits per heavy atom. The van der Waals surface area contributed by atoms with E-state index in [0.717, 1.165) is 24.7 Å². The predicted molar refractivity (Wildman–Crippen MR) is 62.8 cm³/mol. The SMILES string of the molecule is CC(C)(C)OC(=O)N=C1CNCC1C1CC1. The second-order valence-corrected chi connectivity index (χ2v) is 5.66. The van der Waals surface area contributed by atoms with E-state index in [1.54, 1.807) is 0 Å². The van der Waals surface area contributed by atoms with Crippen molar-refractivity contribution in [2.75, 3.05) is 13.1 Å². The van der Waals surface area contributed by atoms with Crippen molar-refractivity contribution in [1.29, 1.82) is 0 Å². The van der Waals surface area contributed by atoms with Crippen LogP contribution in [0.1, 0.15) is 33.6 Å². The van der Waals surface area contributed by atoms with E-state index in [4.69, 9.17) is 4.74 Å². The molecule has 1 saturated carbocycles. The van der Waals surface area contributed by atoms with E-state index < -0.39 is 11.7 Å². The predicted octanol–water partition coefficient (Wildman–Crippen LogP) is 1.99. The summed E-state index contributed by atoms with van der Waals surface area (Å²) in [6.45, 7) is 7.27. The Balaban J connectivity index is 1.97. The molecule has 1 atom stereocenters. The van der Waals surface area contributed by atoms with Gasteiger partial charge in [0, 0.05) is 24.7 Å². The molecule has 4 heteroatoms. The van der Waals surface area contributed by atoms with Crippen LogP contribution < -0.4 is 5.32 Å². The van der Waals surface area contributed by atoms with Crippen molar-refractivity contribution in [3.63, 3.8) is 0 Å². The van der Waals surface area contributed by atoms with Gasteiger partial charge in [-0.05, 0) is 39.5 Å². The molecule has 0 aromatic rings. The van der Waals surface area contributed by atoms with Gasteiger partial charge in [-0.25, -0.2) is 4.79 Å². The lowest BCUT2D eigenvalue weighted by molar-refractivity contribution is 0.0603. The first-order chi connectivity index (χ1) is 7.46. The molecular weight excluding hydrogens is 204 g/mol. The van der Waals surface area contributed by atoms with Gasteiger partial charge in [0.25, 0.3) is 0 Å². The third-order valence-electron chi connectivity index (χ3n) is 2.92. The van der Waals surface area contributed by atoms with Crippen molar-refractivity contribution in [3.05, 3.63) is 0 Å². The quantitative estimate of drug-likeness (QED) is 0.741. The number of hydrogen-bond acceptors (Lipinski definition) is 3. The molecule has 1 amide bonds. The van der Waals surface area contributed by atoms with Gasteiger partial charge in [0.2, 0.25) is 0 Å². The zero-order valence-electron chi connectivity index (χ0n) is 10.2. The van der Waals surface area contributed by atoms with E-state index in [-0.39, 0.29) is 0 Å². The van der Waals surface area contributed by atoms with E-state index in [1.807, 2.05) is 20.8 Å². The van der Waals surface area contributed by atoms with Gasteiger partial charge in [0.1, 0.15) is 5.60 Å². The van der Waals surface area contributed by atoms with Crippen molar-refractivity contribution in [3.8, 4) is 0 Å².